The summed E-state index contributed by atoms with van der Waals surface area (Å²) in [5.74, 6) is 0.624. The summed E-state index contributed by atoms with van der Waals surface area (Å²) in [5.41, 5.74) is 6.08. The van der Waals surface area contributed by atoms with Gasteiger partial charge in [-0.15, -0.1) is 5.10 Å². The van der Waals surface area contributed by atoms with Crippen LogP contribution in [0, 0.1) is 10.1 Å². The number of allylic oxidation sites excluding steroid dienone is 1. The quantitative estimate of drug-likeness (QED) is 0.0764. The third kappa shape index (κ3) is 6.08. The number of nitrogens with zero attached hydrogens (tertiary/aromatic N) is 8. The van der Waals surface area contributed by atoms with Crippen molar-refractivity contribution in [2.75, 3.05) is 6.54 Å². The lowest BCUT2D eigenvalue weighted by atomic mass is 9.77. The van der Waals surface area contributed by atoms with E-state index in [1.165, 1.54) is 6.20 Å². The van der Waals surface area contributed by atoms with Gasteiger partial charge in [-0.2, -0.15) is 0 Å². The summed E-state index contributed by atoms with van der Waals surface area (Å²) in [5, 5.41) is 26.1. The zero-order chi connectivity index (χ0) is 34.3. The van der Waals surface area contributed by atoms with Gasteiger partial charge in [-0.05, 0) is 56.3 Å². The molecule has 1 atom stereocenters. The average Bonchev–Trinajstić information content (AvgIpc) is 3.67. The van der Waals surface area contributed by atoms with E-state index in [9.17, 15) is 10.1 Å². The van der Waals surface area contributed by atoms with Gasteiger partial charge >= 0.3 is 0 Å². The summed E-state index contributed by atoms with van der Waals surface area (Å²) in [4.78, 5) is 18.2. The van der Waals surface area contributed by atoms with Gasteiger partial charge in [0.05, 0.1) is 6.20 Å². The second-order valence-corrected chi connectivity index (χ2v) is 12.0. The summed E-state index contributed by atoms with van der Waals surface area (Å²) in [6.45, 7) is 3.21. The van der Waals surface area contributed by atoms with Crippen LogP contribution in [-0.2, 0) is 12.1 Å². The highest BCUT2D eigenvalue weighted by Gasteiger charge is 2.42. The highest BCUT2D eigenvalue weighted by atomic mass is 16.7. The molecule has 0 amide bonds. The lowest BCUT2D eigenvalue weighted by molar-refractivity contribution is -0.654. The maximum Gasteiger partial charge on any atom is 0.240 e. The number of aliphatic imine (C=N–C) groups is 1. The number of nitro groups is 1. The van der Waals surface area contributed by atoms with E-state index in [2.05, 4.69) is 95.0 Å². The Labute approximate surface area is 290 Å². The van der Waals surface area contributed by atoms with E-state index in [0.29, 0.717) is 18.9 Å². The molecule has 6 aromatic rings. The predicted octanol–water partition coefficient (Wildman–Crippen LogP) is 7.43. The molecule has 1 aliphatic rings. The van der Waals surface area contributed by atoms with Crippen LogP contribution in [0.4, 0.5) is 0 Å². The van der Waals surface area contributed by atoms with Gasteiger partial charge in [-0.3, -0.25) is 4.90 Å². The second kappa shape index (κ2) is 14.5. The van der Waals surface area contributed by atoms with Crippen molar-refractivity contribution in [1.29, 1.82) is 0 Å². The number of rotatable bonds is 12. The van der Waals surface area contributed by atoms with E-state index in [0.717, 1.165) is 50.4 Å². The second-order valence-electron chi connectivity index (χ2n) is 12.0. The van der Waals surface area contributed by atoms with Crippen LogP contribution < -0.4 is 0 Å². The summed E-state index contributed by atoms with van der Waals surface area (Å²) < 4.78 is 1.95. The normalized spacial score (nSPS) is 14.3. The Morgan fingerprint density at radius 2 is 1.32 bits per heavy atom. The van der Waals surface area contributed by atoms with Crippen molar-refractivity contribution in [2.24, 2.45) is 4.99 Å². The minimum Gasteiger partial charge on any atom is -0.256 e. The van der Waals surface area contributed by atoms with Crippen LogP contribution in [0.1, 0.15) is 35.6 Å². The van der Waals surface area contributed by atoms with Crippen LogP contribution in [0.2, 0.25) is 0 Å². The summed E-state index contributed by atoms with van der Waals surface area (Å²) in [6.07, 6.45) is 4.76. The van der Waals surface area contributed by atoms with Crippen molar-refractivity contribution in [3.63, 3.8) is 0 Å². The standard InChI is InChI=1S/C40H36N8O2/c1-2-28-45(39-41-27-14-29-46(39)48(49)50)30-31-23-25-32(26-24-31)36-21-12-13-22-37(36)38-42-43-44-47(38)40(33-15-6-3-7-16-33,34-17-8-4-9-18-34)35-19-10-5-11-20-35/h3-27,29,39H,2,28,30H2,1H3. The first-order valence-corrected chi connectivity index (χ1v) is 16.6. The molecule has 10 nitrogen and oxygen atoms in total. The number of hydrogen-bond donors (Lipinski definition) is 0. The van der Waals surface area contributed by atoms with Crippen LogP contribution in [0.5, 0.6) is 0 Å². The fraction of sp³-hybridized carbons (Fsp3) is 0.150. The molecule has 0 N–H and O–H groups in total. The molecule has 50 heavy (non-hydrogen) atoms. The van der Waals surface area contributed by atoms with E-state index >= 15 is 0 Å². The lowest BCUT2D eigenvalue weighted by Gasteiger charge is -2.36. The SMILES string of the molecule is CCCN(Cc1ccc(-c2ccccc2-c2nnnn2C(c2ccccc2)(c2ccccc2)c2ccccc2)cc1)C1N=CC=CN1[N+](=O)[O-]. The summed E-state index contributed by atoms with van der Waals surface area (Å²) in [6, 6.07) is 47.5. The maximum atomic E-state index is 11.7. The van der Waals surface area contributed by atoms with Crippen LogP contribution in [0.15, 0.2) is 157 Å². The van der Waals surface area contributed by atoms with E-state index in [-0.39, 0.29) is 0 Å². The van der Waals surface area contributed by atoms with Gasteiger partial charge in [-0.25, -0.2) is 19.8 Å². The van der Waals surface area contributed by atoms with E-state index in [1.807, 2.05) is 76.3 Å². The first-order chi connectivity index (χ1) is 24.6. The molecule has 0 spiro atoms. The first-order valence-electron chi connectivity index (χ1n) is 16.6. The van der Waals surface area contributed by atoms with E-state index < -0.39 is 16.9 Å². The van der Waals surface area contributed by atoms with Crippen molar-refractivity contribution in [3.05, 3.63) is 184 Å². The Balaban J connectivity index is 1.30. The van der Waals surface area contributed by atoms with Crippen molar-refractivity contribution in [1.82, 2.24) is 30.1 Å². The van der Waals surface area contributed by atoms with Gasteiger partial charge in [-0.1, -0.05) is 151 Å². The molecule has 0 aliphatic carbocycles. The van der Waals surface area contributed by atoms with Crippen LogP contribution in [-0.4, -0.2) is 54.2 Å². The monoisotopic (exact) mass is 660 g/mol. The summed E-state index contributed by atoms with van der Waals surface area (Å²) >= 11 is 0. The molecule has 0 fully saturated rings. The molecule has 0 bridgehead atoms. The molecule has 0 saturated carbocycles. The van der Waals surface area contributed by atoms with Crippen molar-refractivity contribution in [3.8, 4) is 22.5 Å². The molecule has 1 aliphatic heterocycles. The van der Waals surface area contributed by atoms with Gasteiger partial charge in [0.15, 0.2) is 10.9 Å². The molecule has 10 heteroatoms. The fourth-order valence-corrected chi connectivity index (χ4v) is 6.80. The smallest absolute Gasteiger partial charge is 0.240 e. The third-order valence-electron chi connectivity index (χ3n) is 8.99. The predicted molar refractivity (Wildman–Crippen MR) is 194 cm³/mol. The van der Waals surface area contributed by atoms with Gasteiger partial charge in [0.25, 0.3) is 0 Å². The molecule has 5 aromatic carbocycles. The topological polar surface area (TPSA) is 106 Å². The molecule has 1 aromatic heterocycles. The minimum absolute atomic E-state index is 0.421. The minimum atomic E-state index is -0.878. The molecule has 7 rings (SSSR count). The Morgan fingerprint density at radius 1 is 0.760 bits per heavy atom. The van der Waals surface area contributed by atoms with Crippen LogP contribution in [0.25, 0.3) is 22.5 Å². The highest BCUT2D eigenvalue weighted by molar-refractivity contribution is 5.81. The van der Waals surface area contributed by atoms with Gasteiger partial charge in [0.1, 0.15) is 5.54 Å². The molecule has 1 unspecified atom stereocenters. The highest BCUT2D eigenvalue weighted by Crippen LogP contribution is 2.43. The zero-order valence-corrected chi connectivity index (χ0v) is 27.6. The first kappa shape index (κ1) is 32.3. The zero-order valence-electron chi connectivity index (χ0n) is 27.6. The van der Waals surface area contributed by atoms with Crippen LogP contribution in [0.3, 0.4) is 0 Å². The van der Waals surface area contributed by atoms with E-state index in [4.69, 9.17) is 5.21 Å². The largest absolute Gasteiger partial charge is 0.256 e. The molecule has 2 heterocycles. The Morgan fingerprint density at radius 3 is 1.88 bits per heavy atom. The molecular formula is C40H36N8O2. The van der Waals surface area contributed by atoms with Gasteiger partial charge < -0.3 is 0 Å². The molecular weight excluding hydrogens is 624 g/mol. The lowest BCUT2D eigenvalue weighted by Crippen LogP contribution is -2.48. The number of benzene rings is 5. The van der Waals surface area contributed by atoms with Gasteiger partial charge in [0.2, 0.25) is 6.29 Å². The number of hydrogen-bond acceptors (Lipinski definition) is 7. The summed E-state index contributed by atoms with van der Waals surface area (Å²) in [7, 11) is 0. The number of aromatic nitrogens is 4. The molecule has 0 saturated heterocycles. The van der Waals surface area contributed by atoms with Crippen molar-refractivity contribution in [2.45, 2.75) is 31.7 Å². The molecule has 0 radical (unpaired) electrons. The van der Waals surface area contributed by atoms with Crippen molar-refractivity contribution < 1.29 is 5.03 Å². The Hall–Kier alpha value is -6.26. The van der Waals surface area contributed by atoms with Gasteiger partial charge in [0, 0.05) is 24.9 Å². The molecule has 248 valence electrons. The number of tetrazole rings is 1. The maximum absolute atomic E-state index is 11.7. The van der Waals surface area contributed by atoms with Crippen LogP contribution >= 0.6 is 0 Å². The number of hydrazine groups is 1. The third-order valence-corrected chi connectivity index (χ3v) is 8.99. The fourth-order valence-electron chi connectivity index (χ4n) is 6.80. The van der Waals surface area contributed by atoms with E-state index in [1.54, 1.807) is 12.3 Å². The average molecular weight is 661 g/mol. The Bertz CT molecular complexity index is 2000. The Kier molecular flexibility index (Phi) is 9.35. The van der Waals surface area contributed by atoms with Crippen molar-refractivity contribution >= 4 is 6.21 Å².